The smallest absolute Gasteiger partial charge is 0.368 e. The van der Waals surface area contributed by atoms with Crippen molar-refractivity contribution in [3.05, 3.63) is 35.4 Å². The molecule has 19 heavy (non-hydrogen) atoms. The third-order valence-corrected chi connectivity index (χ3v) is 3.09. The molecule has 1 fully saturated rings. The topological polar surface area (TPSA) is 17.3 Å². The summed E-state index contributed by atoms with van der Waals surface area (Å²) in [5.41, 5.74) is 0.326. The van der Waals surface area contributed by atoms with E-state index in [-0.39, 0.29) is 5.69 Å². The van der Waals surface area contributed by atoms with Crippen LogP contribution in [0.5, 0.6) is 0 Å². The zero-order valence-corrected chi connectivity index (χ0v) is 10.7. The normalized spacial score (nSPS) is 17.2. The highest BCUT2D eigenvalue weighted by atomic mass is 19.4. The first-order valence-electron chi connectivity index (χ1n) is 6.25. The fourth-order valence-electron chi connectivity index (χ4n) is 2.29. The van der Waals surface area contributed by atoms with E-state index in [0.717, 1.165) is 6.07 Å². The molecule has 1 aliphatic heterocycles. The molecule has 0 aliphatic carbocycles. The third kappa shape index (κ3) is 3.10. The summed E-state index contributed by atoms with van der Waals surface area (Å²) in [4.78, 5) is 1.78. The van der Waals surface area contributed by atoms with Crippen LogP contribution in [0.25, 0.3) is 6.08 Å². The first-order chi connectivity index (χ1) is 9.04. The van der Waals surface area contributed by atoms with Crippen LogP contribution in [0.3, 0.4) is 0 Å². The number of hydrogen-bond acceptors (Lipinski definition) is 1. The number of anilines is 1. The minimum Gasteiger partial charge on any atom is -0.368 e. The summed E-state index contributed by atoms with van der Waals surface area (Å²) in [6, 6.07) is 4.32. The fourth-order valence-corrected chi connectivity index (χ4v) is 2.29. The van der Waals surface area contributed by atoms with Crippen LogP contribution in [0.1, 0.15) is 18.1 Å². The fraction of sp³-hybridized carbons (Fsp3) is 0.429. The molecule has 0 N–H and O–H groups in total. The molecule has 0 aromatic heterocycles. The van der Waals surface area contributed by atoms with E-state index in [1.807, 2.05) is 0 Å². The zero-order chi connectivity index (χ0) is 13.9. The lowest BCUT2D eigenvalue weighted by Gasteiger charge is -2.32. The highest BCUT2D eigenvalue weighted by Gasteiger charge is 2.35. The second-order valence-electron chi connectivity index (χ2n) is 4.40. The summed E-state index contributed by atoms with van der Waals surface area (Å²) in [6.45, 7) is 4.05. The number of alkyl halides is 3. The quantitative estimate of drug-likeness (QED) is 0.806. The molecule has 1 aromatic rings. The van der Waals surface area contributed by atoms with Gasteiger partial charge in [0.2, 0.25) is 0 Å². The van der Waals surface area contributed by atoms with Gasteiger partial charge in [0, 0.05) is 26.2 Å². The van der Waals surface area contributed by atoms with Gasteiger partial charge in [0.25, 0.3) is 0 Å². The van der Waals surface area contributed by atoms with Crippen molar-refractivity contribution >= 4 is 11.8 Å². The molecule has 103 valence electrons. The molecule has 1 aromatic carbocycles. The van der Waals surface area contributed by atoms with Gasteiger partial charge in [-0.05, 0) is 18.6 Å². The Kier molecular flexibility index (Phi) is 4.14. The first-order valence-corrected chi connectivity index (χ1v) is 6.25. The second kappa shape index (κ2) is 5.65. The molecular weight excluding hydrogens is 253 g/mol. The van der Waals surface area contributed by atoms with Crippen molar-refractivity contribution in [2.75, 3.05) is 31.1 Å². The van der Waals surface area contributed by atoms with Crippen molar-refractivity contribution in [1.29, 1.82) is 0 Å². The van der Waals surface area contributed by atoms with Crippen LogP contribution in [0.4, 0.5) is 18.9 Å². The number of piperazine rings is 1. The van der Waals surface area contributed by atoms with Crippen LogP contribution in [-0.4, -0.2) is 26.2 Å². The molecule has 0 unspecified atom stereocenters. The summed E-state index contributed by atoms with van der Waals surface area (Å²) < 4.78 is 39.4. The van der Waals surface area contributed by atoms with E-state index in [0.29, 0.717) is 31.7 Å². The number of nitrogens with zero attached hydrogens (tertiary/aromatic N) is 2. The summed E-state index contributed by atoms with van der Waals surface area (Å²) >= 11 is 0. The largest absolute Gasteiger partial charge is 0.418 e. The van der Waals surface area contributed by atoms with E-state index in [2.05, 4.69) is 5.32 Å². The summed E-state index contributed by atoms with van der Waals surface area (Å²) in [7, 11) is 0. The molecule has 5 heteroatoms. The molecule has 0 atom stereocenters. The Morgan fingerprint density at radius 2 is 1.89 bits per heavy atom. The number of benzene rings is 1. The van der Waals surface area contributed by atoms with E-state index in [9.17, 15) is 13.2 Å². The van der Waals surface area contributed by atoms with Gasteiger partial charge in [-0.1, -0.05) is 24.3 Å². The van der Waals surface area contributed by atoms with Crippen molar-refractivity contribution in [3.8, 4) is 0 Å². The Morgan fingerprint density at radius 3 is 2.47 bits per heavy atom. The molecule has 2 nitrogen and oxygen atoms in total. The predicted octanol–water partition coefficient (Wildman–Crippen LogP) is 3.16. The molecule has 0 spiro atoms. The van der Waals surface area contributed by atoms with Gasteiger partial charge in [0.05, 0.1) is 11.3 Å². The summed E-state index contributed by atoms with van der Waals surface area (Å²) in [5.74, 6) is 0. The lowest BCUT2D eigenvalue weighted by atomic mass is 10.0. The van der Waals surface area contributed by atoms with E-state index in [1.165, 1.54) is 6.07 Å². The molecule has 0 bridgehead atoms. The van der Waals surface area contributed by atoms with Crippen LogP contribution in [-0.2, 0) is 6.18 Å². The van der Waals surface area contributed by atoms with Gasteiger partial charge in [0.1, 0.15) is 0 Å². The van der Waals surface area contributed by atoms with Crippen LogP contribution in [0, 0.1) is 0 Å². The SMILES string of the molecule is C/C=C/c1cccc(C(F)(F)F)c1N1CC[N]CC1. The number of halogens is 3. The van der Waals surface area contributed by atoms with Gasteiger partial charge in [-0.3, -0.25) is 0 Å². The highest BCUT2D eigenvalue weighted by Crippen LogP contribution is 2.39. The maximum Gasteiger partial charge on any atom is 0.418 e. The van der Waals surface area contributed by atoms with Crippen LogP contribution in [0.2, 0.25) is 0 Å². The minimum atomic E-state index is -4.33. The Hall–Kier alpha value is -1.49. The average Bonchev–Trinajstić information content (AvgIpc) is 2.39. The Bertz CT molecular complexity index is 460. The van der Waals surface area contributed by atoms with E-state index in [1.54, 1.807) is 30.0 Å². The predicted molar refractivity (Wildman–Crippen MR) is 70.2 cm³/mol. The summed E-state index contributed by atoms with van der Waals surface area (Å²) in [5, 5.41) is 4.18. The van der Waals surface area contributed by atoms with Crippen LogP contribution < -0.4 is 10.2 Å². The van der Waals surface area contributed by atoms with Gasteiger partial charge in [-0.2, -0.15) is 13.2 Å². The Balaban J connectivity index is 2.51. The Morgan fingerprint density at radius 1 is 1.21 bits per heavy atom. The zero-order valence-electron chi connectivity index (χ0n) is 10.7. The molecule has 1 saturated heterocycles. The molecule has 0 saturated carbocycles. The third-order valence-electron chi connectivity index (χ3n) is 3.09. The van der Waals surface area contributed by atoms with Crippen molar-refractivity contribution in [2.24, 2.45) is 0 Å². The molecule has 2 rings (SSSR count). The second-order valence-corrected chi connectivity index (χ2v) is 4.40. The van der Waals surface area contributed by atoms with Gasteiger partial charge < -0.3 is 4.90 Å². The number of hydrogen-bond donors (Lipinski definition) is 0. The standard InChI is InChI=1S/C14H16F3N2/c1-2-4-11-5-3-6-12(14(15,16)17)13(11)19-9-7-18-8-10-19/h2-6H,7-10H2,1H3/b4-2+. The molecule has 1 radical (unpaired) electrons. The first kappa shape index (κ1) is 13.9. The molecule has 1 heterocycles. The maximum atomic E-state index is 13.1. The van der Waals surface area contributed by atoms with Gasteiger partial charge >= 0.3 is 6.18 Å². The van der Waals surface area contributed by atoms with Crippen molar-refractivity contribution in [1.82, 2.24) is 5.32 Å². The van der Waals surface area contributed by atoms with Gasteiger partial charge in [-0.15, -0.1) is 0 Å². The minimum absolute atomic E-state index is 0.281. The number of para-hydroxylation sites is 1. The highest BCUT2D eigenvalue weighted by molar-refractivity contribution is 5.72. The van der Waals surface area contributed by atoms with Crippen molar-refractivity contribution in [3.63, 3.8) is 0 Å². The Labute approximate surface area is 110 Å². The number of allylic oxidation sites excluding steroid dienone is 1. The lowest BCUT2D eigenvalue weighted by molar-refractivity contribution is -0.137. The van der Waals surface area contributed by atoms with Crippen molar-refractivity contribution < 1.29 is 13.2 Å². The van der Waals surface area contributed by atoms with Crippen LogP contribution in [0.15, 0.2) is 24.3 Å². The molecule has 0 amide bonds. The number of rotatable bonds is 2. The molecule has 1 aliphatic rings. The van der Waals surface area contributed by atoms with Crippen molar-refractivity contribution in [2.45, 2.75) is 13.1 Å². The maximum absolute atomic E-state index is 13.1. The van der Waals surface area contributed by atoms with E-state index < -0.39 is 11.7 Å². The van der Waals surface area contributed by atoms with E-state index >= 15 is 0 Å². The van der Waals surface area contributed by atoms with Gasteiger partial charge in [0.15, 0.2) is 0 Å². The average molecular weight is 269 g/mol. The summed E-state index contributed by atoms with van der Waals surface area (Å²) in [6.07, 6.45) is -0.856. The monoisotopic (exact) mass is 269 g/mol. The lowest BCUT2D eigenvalue weighted by Crippen LogP contribution is -2.41. The molecular formula is C14H16F3N2. The van der Waals surface area contributed by atoms with Crippen LogP contribution >= 0.6 is 0 Å². The van der Waals surface area contributed by atoms with Gasteiger partial charge in [-0.25, -0.2) is 5.32 Å². The van der Waals surface area contributed by atoms with E-state index in [4.69, 9.17) is 0 Å².